The fraction of sp³-hybridized carbons (Fsp3) is 0.200. The smallest absolute Gasteiger partial charge is 0.373 e. The number of carbonyl (C=O) groups is 1. The van der Waals surface area contributed by atoms with Gasteiger partial charge in [0.2, 0.25) is 5.76 Å². The molecule has 0 bridgehead atoms. The normalized spacial score (nSPS) is 11.1. The zero-order valence-corrected chi connectivity index (χ0v) is 11.1. The van der Waals surface area contributed by atoms with Gasteiger partial charge in [-0.05, 0) is 31.5 Å². The summed E-state index contributed by atoms with van der Waals surface area (Å²) in [5.74, 6) is -0.604. The highest BCUT2D eigenvalue weighted by atomic mass is 16.4. The van der Waals surface area contributed by atoms with Crippen molar-refractivity contribution in [3.63, 3.8) is 0 Å². The first-order valence-corrected chi connectivity index (χ1v) is 6.32. The van der Waals surface area contributed by atoms with Crippen molar-refractivity contribution < 1.29 is 18.7 Å². The first-order valence-electron chi connectivity index (χ1n) is 6.32. The number of aromatic nitrogens is 1. The van der Waals surface area contributed by atoms with Gasteiger partial charge in [-0.3, -0.25) is 0 Å². The lowest BCUT2D eigenvalue weighted by Crippen LogP contribution is -1.98. The van der Waals surface area contributed by atoms with E-state index in [-0.39, 0.29) is 11.7 Å². The molecule has 2 heterocycles. The van der Waals surface area contributed by atoms with E-state index < -0.39 is 5.97 Å². The molecule has 20 heavy (non-hydrogen) atoms. The van der Waals surface area contributed by atoms with Crippen LogP contribution in [0.5, 0.6) is 0 Å². The summed E-state index contributed by atoms with van der Waals surface area (Å²) in [6, 6.07) is 7.62. The summed E-state index contributed by atoms with van der Waals surface area (Å²) in [6.07, 6.45) is 0.491. The fourth-order valence-corrected chi connectivity index (χ4v) is 2.13. The Morgan fingerprint density at radius 2 is 2.10 bits per heavy atom. The summed E-state index contributed by atoms with van der Waals surface area (Å²) in [5, 5.41) is 10.0. The molecule has 3 aromatic rings. The molecular formula is C15H13NO4. The average Bonchev–Trinajstić information content (AvgIpc) is 3.00. The van der Waals surface area contributed by atoms with Crippen LogP contribution in [-0.2, 0) is 6.42 Å². The largest absolute Gasteiger partial charge is 0.475 e. The van der Waals surface area contributed by atoms with Crippen LogP contribution < -0.4 is 0 Å². The fourth-order valence-electron chi connectivity index (χ4n) is 2.13. The Bertz CT molecular complexity index is 797. The molecule has 5 nitrogen and oxygen atoms in total. The highest BCUT2D eigenvalue weighted by Crippen LogP contribution is 2.29. The van der Waals surface area contributed by atoms with Gasteiger partial charge < -0.3 is 13.9 Å². The van der Waals surface area contributed by atoms with E-state index in [0.29, 0.717) is 17.9 Å². The van der Waals surface area contributed by atoms with Crippen molar-refractivity contribution in [3.05, 3.63) is 41.3 Å². The van der Waals surface area contributed by atoms with E-state index in [9.17, 15) is 4.79 Å². The molecule has 0 fully saturated rings. The van der Waals surface area contributed by atoms with Crippen LogP contribution in [0.4, 0.5) is 0 Å². The average molecular weight is 271 g/mol. The molecule has 0 aliphatic rings. The van der Waals surface area contributed by atoms with Crippen molar-refractivity contribution in [2.45, 2.75) is 20.3 Å². The van der Waals surface area contributed by atoms with Gasteiger partial charge in [0.05, 0.1) is 5.69 Å². The molecule has 0 atom stereocenters. The zero-order chi connectivity index (χ0) is 14.3. The van der Waals surface area contributed by atoms with Crippen molar-refractivity contribution in [1.29, 1.82) is 0 Å². The number of nitrogens with zero attached hydrogens (tertiary/aromatic N) is 1. The summed E-state index contributed by atoms with van der Waals surface area (Å²) in [5.41, 5.74) is 2.26. The predicted molar refractivity (Wildman–Crippen MR) is 72.8 cm³/mol. The summed E-state index contributed by atoms with van der Waals surface area (Å²) in [7, 11) is 0. The van der Waals surface area contributed by atoms with Gasteiger partial charge >= 0.3 is 5.97 Å². The topological polar surface area (TPSA) is 76.5 Å². The molecule has 0 radical (unpaired) electrons. The van der Waals surface area contributed by atoms with E-state index in [4.69, 9.17) is 13.9 Å². The number of hydrogen-bond acceptors (Lipinski definition) is 4. The Balaban J connectivity index is 2.13. The van der Waals surface area contributed by atoms with Crippen molar-refractivity contribution >= 4 is 16.9 Å². The Morgan fingerprint density at radius 3 is 2.75 bits per heavy atom. The number of hydrogen-bond donors (Lipinski definition) is 1. The van der Waals surface area contributed by atoms with Gasteiger partial charge in [-0.2, -0.15) is 0 Å². The van der Waals surface area contributed by atoms with Crippen molar-refractivity contribution in [2.24, 2.45) is 0 Å². The summed E-state index contributed by atoms with van der Waals surface area (Å²) in [6.45, 7) is 3.82. The molecule has 0 aliphatic carbocycles. The number of carboxylic acids is 1. The zero-order valence-electron chi connectivity index (χ0n) is 11.1. The second-order valence-corrected chi connectivity index (χ2v) is 4.61. The van der Waals surface area contributed by atoms with E-state index >= 15 is 0 Å². The number of benzene rings is 1. The third-order valence-corrected chi connectivity index (χ3v) is 3.11. The molecule has 0 amide bonds. The summed E-state index contributed by atoms with van der Waals surface area (Å²) >= 11 is 0. The Kier molecular flexibility index (Phi) is 2.82. The molecule has 2 aromatic heterocycles. The molecule has 0 saturated heterocycles. The number of carboxylic acid groups (broad SMARTS) is 1. The second kappa shape index (κ2) is 4.52. The van der Waals surface area contributed by atoms with Crippen molar-refractivity contribution in [1.82, 2.24) is 4.98 Å². The van der Waals surface area contributed by atoms with Crippen molar-refractivity contribution in [3.8, 4) is 11.7 Å². The van der Waals surface area contributed by atoms with Gasteiger partial charge in [-0.15, -0.1) is 0 Å². The minimum absolute atomic E-state index is 0.126. The van der Waals surface area contributed by atoms with Crippen molar-refractivity contribution in [2.75, 3.05) is 0 Å². The molecule has 0 aliphatic heterocycles. The molecule has 3 rings (SSSR count). The number of aryl methyl sites for hydroxylation is 2. The van der Waals surface area contributed by atoms with Crippen LogP contribution in [0.25, 0.3) is 22.6 Å². The minimum atomic E-state index is -1.12. The SMILES string of the molecule is CCc1nc(-c2cc3cc(C)ccc3o2)oc1C(=O)O. The quantitative estimate of drug-likeness (QED) is 0.786. The monoisotopic (exact) mass is 271 g/mol. The first kappa shape index (κ1) is 12.5. The Morgan fingerprint density at radius 1 is 1.30 bits per heavy atom. The Hall–Kier alpha value is -2.56. The molecule has 102 valence electrons. The molecule has 0 spiro atoms. The number of aromatic carboxylic acids is 1. The van der Waals surface area contributed by atoms with E-state index in [1.165, 1.54) is 0 Å². The van der Waals surface area contributed by atoms with Crippen LogP contribution >= 0.6 is 0 Å². The molecule has 0 unspecified atom stereocenters. The highest BCUT2D eigenvalue weighted by Gasteiger charge is 2.21. The lowest BCUT2D eigenvalue weighted by molar-refractivity contribution is 0.0661. The van der Waals surface area contributed by atoms with Gasteiger partial charge in [-0.1, -0.05) is 18.6 Å². The van der Waals surface area contributed by atoms with Crippen LogP contribution in [0.2, 0.25) is 0 Å². The third-order valence-electron chi connectivity index (χ3n) is 3.11. The Labute approximate surface area is 114 Å². The van der Waals surface area contributed by atoms with Gasteiger partial charge in [0, 0.05) is 5.39 Å². The standard InChI is InChI=1S/C15H13NO4/c1-3-10-13(15(17)18)20-14(16-10)12-7-9-6-8(2)4-5-11(9)19-12/h4-7H,3H2,1-2H3,(H,17,18). The van der Waals surface area contributed by atoms with Gasteiger partial charge in [0.1, 0.15) is 5.58 Å². The maximum Gasteiger partial charge on any atom is 0.373 e. The van der Waals surface area contributed by atoms with Crippen LogP contribution in [0.15, 0.2) is 33.1 Å². The molecule has 1 N–H and O–H groups in total. The van der Waals surface area contributed by atoms with E-state index in [1.807, 2.05) is 32.0 Å². The van der Waals surface area contributed by atoms with Gasteiger partial charge in [-0.25, -0.2) is 9.78 Å². The van der Waals surface area contributed by atoms with E-state index in [0.717, 1.165) is 16.5 Å². The number of furan rings is 1. The summed E-state index contributed by atoms with van der Waals surface area (Å²) < 4.78 is 11.0. The van der Waals surface area contributed by atoms with Crippen LogP contribution in [-0.4, -0.2) is 16.1 Å². The highest BCUT2D eigenvalue weighted by molar-refractivity contribution is 5.86. The molecular weight excluding hydrogens is 258 g/mol. The van der Waals surface area contributed by atoms with Crippen LogP contribution in [0.1, 0.15) is 28.7 Å². The lowest BCUT2D eigenvalue weighted by Gasteiger charge is -1.89. The van der Waals surface area contributed by atoms with E-state index in [2.05, 4.69) is 4.98 Å². The second-order valence-electron chi connectivity index (χ2n) is 4.61. The number of fused-ring (bicyclic) bond motifs is 1. The number of rotatable bonds is 3. The lowest BCUT2D eigenvalue weighted by atomic mass is 10.2. The maximum absolute atomic E-state index is 11.1. The summed E-state index contributed by atoms with van der Waals surface area (Å²) in [4.78, 5) is 15.3. The predicted octanol–water partition coefficient (Wildman–Crippen LogP) is 3.66. The third kappa shape index (κ3) is 1.97. The molecule has 5 heteroatoms. The molecule has 1 aromatic carbocycles. The van der Waals surface area contributed by atoms with Gasteiger partial charge in [0.15, 0.2) is 5.76 Å². The van der Waals surface area contributed by atoms with Crippen LogP contribution in [0, 0.1) is 6.92 Å². The molecule has 0 saturated carbocycles. The maximum atomic E-state index is 11.1. The first-order chi connectivity index (χ1) is 9.58. The van der Waals surface area contributed by atoms with E-state index in [1.54, 1.807) is 6.07 Å². The number of oxazole rings is 1. The van der Waals surface area contributed by atoms with Gasteiger partial charge in [0.25, 0.3) is 5.89 Å². The minimum Gasteiger partial charge on any atom is -0.475 e. The van der Waals surface area contributed by atoms with Crippen LogP contribution in [0.3, 0.4) is 0 Å².